The smallest absolute Gasteiger partial charge is 0.233 e. The number of nitrogens with one attached hydrogen (secondary N) is 2. The summed E-state index contributed by atoms with van der Waals surface area (Å²) < 4.78 is 0. The highest BCUT2D eigenvalue weighted by Crippen LogP contribution is 2.25. The van der Waals surface area contributed by atoms with E-state index >= 15 is 0 Å². The molecule has 1 atom stereocenters. The first kappa shape index (κ1) is 15.5. The van der Waals surface area contributed by atoms with Gasteiger partial charge in [0.2, 0.25) is 5.91 Å². The summed E-state index contributed by atoms with van der Waals surface area (Å²) in [6.45, 7) is 5.66. The van der Waals surface area contributed by atoms with Crippen molar-refractivity contribution < 1.29 is 4.79 Å². The van der Waals surface area contributed by atoms with E-state index in [1.165, 1.54) is 38.5 Å². The average molecular weight is 254 g/mol. The number of carbonyl (C=O) groups is 1. The van der Waals surface area contributed by atoms with E-state index in [-0.39, 0.29) is 5.91 Å². The Morgan fingerprint density at radius 1 is 1.22 bits per heavy atom. The lowest BCUT2D eigenvalue weighted by Gasteiger charge is -2.23. The van der Waals surface area contributed by atoms with Crippen molar-refractivity contribution in [1.29, 1.82) is 0 Å². The van der Waals surface area contributed by atoms with Gasteiger partial charge in [0, 0.05) is 12.6 Å². The van der Waals surface area contributed by atoms with Crippen LogP contribution in [-0.2, 0) is 4.79 Å². The molecule has 0 aromatic rings. The maximum atomic E-state index is 11.6. The van der Waals surface area contributed by atoms with Crippen molar-refractivity contribution in [3.8, 4) is 0 Å². The molecular formula is C15H30N2O. The molecule has 0 unspecified atom stereocenters. The quantitative estimate of drug-likeness (QED) is 0.542. The lowest BCUT2D eigenvalue weighted by Crippen LogP contribution is -2.41. The van der Waals surface area contributed by atoms with Crippen molar-refractivity contribution in [3.05, 3.63) is 0 Å². The third-order valence-electron chi connectivity index (χ3n) is 4.04. The van der Waals surface area contributed by atoms with Crippen molar-refractivity contribution >= 4 is 5.91 Å². The van der Waals surface area contributed by atoms with Crippen molar-refractivity contribution in [2.24, 2.45) is 5.92 Å². The van der Waals surface area contributed by atoms with Gasteiger partial charge < -0.3 is 10.6 Å². The van der Waals surface area contributed by atoms with Crippen LogP contribution in [0.15, 0.2) is 0 Å². The van der Waals surface area contributed by atoms with E-state index in [9.17, 15) is 4.79 Å². The Labute approximate surface area is 112 Å². The van der Waals surface area contributed by atoms with Crippen LogP contribution in [0.1, 0.15) is 65.2 Å². The van der Waals surface area contributed by atoms with E-state index in [1.54, 1.807) is 0 Å². The van der Waals surface area contributed by atoms with E-state index in [1.807, 2.05) is 0 Å². The van der Waals surface area contributed by atoms with Gasteiger partial charge in [-0.1, -0.05) is 39.0 Å². The molecule has 1 aliphatic carbocycles. The third-order valence-corrected chi connectivity index (χ3v) is 4.04. The lowest BCUT2D eigenvalue weighted by atomic mass is 9.93. The summed E-state index contributed by atoms with van der Waals surface area (Å²) in [5.74, 6) is 0.903. The summed E-state index contributed by atoms with van der Waals surface area (Å²) in [5, 5.41) is 6.35. The molecule has 0 aliphatic heterocycles. The highest BCUT2D eigenvalue weighted by Gasteiger charge is 2.19. The van der Waals surface area contributed by atoms with Gasteiger partial charge in [-0.05, 0) is 32.1 Å². The number of unbranched alkanes of at least 4 members (excludes halogenated alkanes) is 1. The Kier molecular flexibility index (Phi) is 8.06. The van der Waals surface area contributed by atoms with Crippen LogP contribution >= 0.6 is 0 Å². The zero-order valence-electron chi connectivity index (χ0n) is 12.1. The van der Waals surface area contributed by atoms with E-state index in [0.29, 0.717) is 12.6 Å². The molecular weight excluding hydrogens is 224 g/mol. The molecule has 0 spiro atoms. The first-order valence-corrected chi connectivity index (χ1v) is 7.74. The van der Waals surface area contributed by atoms with Gasteiger partial charge in [0.05, 0.1) is 6.54 Å². The molecule has 1 rings (SSSR count). The molecule has 1 fully saturated rings. The second-order valence-electron chi connectivity index (χ2n) is 5.62. The van der Waals surface area contributed by atoms with Crippen LogP contribution in [0.3, 0.4) is 0 Å². The Hall–Kier alpha value is -0.570. The molecule has 18 heavy (non-hydrogen) atoms. The number of hydrogen-bond acceptors (Lipinski definition) is 2. The van der Waals surface area contributed by atoms with Gasteiger partial charge >= 0.3 is 0 Å². The second-order valence-corrected chi connectivity index (χ2v) is 5.62. The monoisotopic (exact) mass is 254 g/mol. The van der Waals surface area contributed by atoms with Crippen LogP contribution in [0.4, 0.5) is 0 Å². The molecule has 0 radical (unpaired) electrons. The minimum Gasteiger partial charge on any atom is -0.355 e. The lowest BCUT2D eigenvalue weighted by molar-refractivity contribution is -0.120. The minimum atomic E-state index is 0.143. The summed E-state index contributed by atoms with van der Waals surface area (Å²) in [6.07, 6.45) is 10.4. The molecule has 2 N–H and O–H groups in total. The average Bonchev–Trinajstić information content (AvgIpc) is 2.65. The highest BCUT2D eigenvalue weighted by atomic mass is 16.1. The highest BCUT2D eigenvalue weighted by molar-refractivity contribution is 5.77. The zero-order valence-corrected chi connectivity index (χ0v) is 12.1. The van der Waals surface area contributed by atoms with Crippen LogP contribution in [0.25, 0.3) is 0 Å². The summed E-state index contributed by atoms with van der Waals surface area (Å²) in [4.78, 5) is 11.6. The molecule has 106 valence electrons. The van der Waals surface area contributed by atoms with E-state index in [2.05, 4.69) is 24.5 Å². The van der Waals surface area contributed by atoms with Gasteiger partial charge in [0.25, 0.3) is 0 Å². The minimum absolute atomic E-state index is 0.143. The van der Waals surface area contributed by atoms with Crippen LogP contribution < -0.4 is 10.6 Å². The van der Waals surface area contributed by atoms with Crippen LogP contribution in [0.5, 0.6) is 0 Å². The van der Waals surface area contributed by atoms with Crippen molar-refractivity contribution in [1.82, 2.24) is 10.6 Å². The number of rotatable bonds is 7. The summed E-state index contributed by atoms with van der Waals surface area (Å²) in [7, 11) is 0. The SMILES string of the molecule is CCCCNC(=O)CN[C@@H](C)C1CCCCCC1. The first-order chi connectivity index (χ1) is 8.74. The zero-order chi connectivity index (χ0) is 13.2. The predicted octanol–water partition coefficient (Wildman–Crippen LogP) is 2.85. The normalized spacial score (nSPS) is 19.2. The number of hydrogen-bond donors (Lipinski definition) is 2. The summed E-state index contributed by atoms with van der Waals surface area (Å²) in [5.41, 5.74) is 0. The van der Waals surface area contributed by atoms with Crippen LogP contribution in [-0.4, -0.2) is 25.0 Å². The van der Waals surface area contributed by atoms with Crippen molar-refractivity contribution in [2.45, 2.75) is 71.3 Å². The Morgan fingerprint density at radius 2 is 1.89 bits per heavy atom. The Morgan fingerprint density at radius 3 is 2.50 bits per heavy atom. The Balaban J connectivity index is 2.14. The maximum Gasteiger partial charge on any atom is 0.233 e. The molecule has 0 aromatic heterocycles. The number of carbonyl (C=O) groups excluding carboxylic acids is 1. The fourth-order valence-corrected chi connectivity index (χ4v) is 2.70. The van der Waals surface area contributed by atoms with Crippen LogP contribution in [0, 0.1) is 5.92 Å². The van der Waals surface area contributed by atoms with E-state index in [4.69, 9.17) is 0 Å². The Bertz CT molecular complexity index is 223. The topological polar surface area (TPSA) is 41.1 Å². The molecule has 0 saturated heterocycles. The van der Waals surface area contributed by atoms with E-state index < -0.39 is 0 Å². The standard InChI is InChI=1S/C15H30N2O/c1-3-4-11-16-15(18)12-17-13(2)14-9-7-5-6-8-10-14/h13-14,17H,3-12H2,1-2H3,(H,16,18)/t13-/m0/s1. The van der Waals surface area contributed by atoms with Gasteiger partial charge in [-0.2, -0.15) is 0 Å². The largest absolute Gasteiger partial charge is 0.355 e. The molecule has 3 nitrogen and oxygen atoms in total. The maximum absolute atomic E-state index is 11.6. The fourth-order valence-electron chi connectivity index (χ4n) is 2.70. The molecule has 3 heteroatoms. The molecule has 1 amide bonds. The van der Waals surface area contributed by atoms with Gasteiger partial charge in [-0.25, -0.2) is 0 Å². The van der Waals surface area contributed by atoms with Gasteiger partial charge in [0.15, 0.2) is 0 Å². The summed E-state index contributed by atoms with van der Waals surface area (Å²) in [6, 6.07) is 0.472. The first-order valence-electron chi connectivity index (χ1n) is 7.74. The molecule has 0 aromatic carbocycles. The van der Waals surface area contributed by atoms with Crippen molar-refractivity contribution in [3.63, 3.8) is 0 Å². The van der Waals surface area contributed by atoms with E-state index in [0.717, 1.165) is 25.3 Å². The number of amides is 1. The van der Waals surface area contributed by atoms with Gasteiger partial charge in [-0.15, -0.1) is 0 Å². The second kappa shape index (κ2) is 9.37. The van der Waals surface area contributed by atoms with Crippen LogP contribution in [0.2, 0.25) is 0 Å². The van der Waals surface area contributed by atoms with Gasteiger partial charge in [-0.3, -0.25) is 4.79 Å². The summed E-state index contributed by atoms with van der Waals surface area (Å²) >= 11 is 0. The van der Waals surface area contributed by atoms with Crippen molar-refractivity contribution in [2.75, 3.05) is 13.1 Å². The molecule has 1 aliphatic rings. The molecule has 1 saturated carbocycles. The fraction of sp³-hybridized carbons (Fsp3) is 0.933. The van der Waals surface area contributed by atoms with Gasteiger partial charge in [0.1, 0.15) is 0 Å². The third kappa shape index (κ3) is 6.39. The molecule has 0 bridgehead atoms. The predicted molar refractivity (Wildman–Crippen MR) is 76.6 cm³/mol. The molecule has 0 heterocycles.